The molecule has 0 amide bonds. The van der Waals surface area contributed by atoms with Gasteiger partial charge >= 0.3 is 0 Å². The molecule has 1 aromatic carbocycles. The van der Waals surface area contributed by atoms with E-state index in [1.54, 1.807) is 12.1 Å². The van der Waals surface area contributed by atoms with Crippen LogP contribution in [-0.2, 0) is 5.41 Å². The minimum absolute atomic E-state index is 0.0607. The maximum absolute atomic E-state index is 12.4. The van der Waals surface area contributed by atoms with Crippen molar-refractivity contribution >= 4 is 15.9 Å². The van der Waals surface area contributed by atoms with Crippen LogP contribution < -0.4 is 0 Å². The summed E-state index contributed by atoms with van der Waals surface area (Å²) >= 11 is 2.98. The molecule has 0 aliphatic carbocycles. The molecule has 84 valence electrons. The lowest BCUT2D eigenvalue weighted by Crippen LogP contribution is -2.11. The van der Waals surface area contributed by atoms with Gasteiger partial charge in [0.25, 0.3) is 6.43 Å². The van der Waals surface area contributed by atoms with Crippen LogP contribution in [0.3, 0.4) is 0 Å². The van der Waals surface area contributed by atoms with Crippen molar-refractivity contribution in [1.29, 1.82) is 0 Å². The van der Waals surface area contributed by atoms with E-state index in [4.69, 9.17) is 0 Å². The van der Waals surface area contributed by atoms with Crippen molar-refractivity contribution in [3.63, 3.8) is 0 Å². The Morgan fingerprint density at radius 3 is 1.87 bits per heavy atom. The van der Waals surface area contributed by atoms with Gasteiger partial charge in [-0.05, 0) is 16.5 Å². The van der Waals surface area contributed by atoms with Crippen LogP contribution in [0.5, 0.6) is 0 Å². The summed E-state index contributed by atoms with van der Waals surface area (Å²) in [7, 11) is 0. The highest BCUT2D eigenvalue weighted by molar-refractivity contribution is 9.09. The molecule has 0 heterocycles. The summed E-state index contributed by atoms with van der Waals surface area (Å²) in [4.78, 5) is -0.869. The van der Waals surface area contributed by atoms with Gasteiger partial charge in [0.2, 0.25) is 0 Å². The van der Waals surface area contributed by atoms with E-state index in [1.807, 2.05) is 12.1 Å². The Morgan fingerprint density at radius 1 is 1.07 bits per heavy atom. The second-order valence-corrected chi connectivity index (χ2v) is 5.59. The largest absolute Gasteiger partial charge is 0.255 e. The van der Waals surface area contributed by atoms with E-state index >= 15 is 0 Å². The van der Waals surface area contributed by atoms with Gasteiger partial charge < -0.3 is 0 Å². The average molecular weight is 277 g/mol. The van der Waals surface area contributed by atoms with Gasteiger partial charge in [0.15, 0.2) is 0 Å². The number of hydrogen-bond acceptors (Lipinski definition) is 0. The fourth-order valence-electron chi connectivity index (χ4n) is 1.31. The summed E-state index contributed by atoms with van der Waals surface area (Å²) in [5.41, 5.74) is 1.84. The van der Waals surface area contributed by atoms with E-state index in [0.717, 1.165) is 5.56 Å². The quantitative estimate of drug-likeness (QED) is 0.688. The van der Waals surface area contributed by atoms with Crippen molar-refractivity contribution in [2.75, 3.05) is 0 Å². The third kappa shape index (κ3) is 3.26. The van der Waals surface area contributed by atoms with Gasteiger partial charge in [0.1, 0.15) is 4.83 Å². The Bertz CT molecular complexity index is 311. The molecule has 0 aliphatic heterocycles. The van der Waals surface area contributed by atoms with E-state index in [0.29, 0.717) is 5.56 Å². The van der Waals surface area contributed by atoms with Gasteiger partial charge in [0, 0.05) is 0 Å². The molecule has 0 bridgehead atoms. The standard InChI is InChI=1S/C12H15BrF2/c1-12(2,3)9-6-4-8(5-7-9)10(13)11(14)15/h4-7,10-11H,1-3H3. The lowest BCUT2D eigenvalue weighted by molar-refractivity contribution is 0.147. The summed E-state index contributed by atoms with van der Waals surface area (Å²) in [6.07, 6.45) is -2.37. The van der Waals surface area contributed by atoms with Crippen molar-refractivity contribution in [1.82, 2.24) is 0 Å². The van der Waals surface area contributed by atoms with Gasteiger partial charge in [-0.25, -0.2) is 8.78 Å². The number of hydrogen-bond donors (Lipinski definition) is 0. The van der Waals surface area contributed by atoms with Gasteiger partial charge in [-0.2, -0.15) is 0 Å². The molecular formula is C12H15BrF2. The van der Waals surface area contributed by atoms with Crippen LogP contribution in [0.2, 0.25) is 0 Å². The van der Waals surface area contributed by atoms with Crippen molar-refractivity contribution in [2.24, 2.45) is 0 Å². The number of benzene rings is 1. The Morgan fingerprint density at radius 2 is 1.53 bits per heavy atom. The van der Waals surface area contributed by atoms with Crippen LogP contribution >= 0.6 is 15.9 Å². The molecule has 0 spiro atoms. The minimum Gasteiger partial charge on any atom is -0.209 e. The lowest BCUT2D eigenvalue weighted by Gasteiger charge is -2.19. The fraction of sp³-hybridized carbons (Fsp3) is 0.500. The Balaban J connectivity index is 2.91. The maximum Gasteiger partial charge on any atom is 0.255 e. The van der Waals surface area contributed by atoms with Crippen molar-refractivity contribution < 1.29 is 8.78 Å². The van der Waals surface area contributed by atoms with Crippen LogP contribution in [0.25, 0.3) is 0 Å². The molecule has 0 saturated heterocycles. The van der Waals surface area contributed by atoms with E-state index in [1.165, 1.54) is 0 Å². The molecule has 0 saturated carbocycles. The lowest BCUT2D eigenvalue weighted by atomic mass is 9.86. The third-order valence-corrected chi connectivity index (χ3v) is 3.24. The maximum atomic E-state index is 12.4. The highest BCUT2D eigenvalue weighted by Crippen LogP contribution is 2.31. The normalized spacial score (nSPS) is 14.3. The van der Waals surface area contributed by atoms with Crippen molar-refractivity contribution in [3.8, 4) is 0 Å². The Labute approximate surface area is 97.8 Å². The van der Waals surface area contributed by atoms with Gasteiger partial charge in [-0.15, -0.1) is 0 Å². The Hall–Kier alpha value is -0.440. The molecule has 0 fully saturated rings. The molecule has 0 aromatic heterocycles. The zero-order chi connectivity index (χ0) is 11.6. The van der Waals surface area contributed by atoms with Crippen LogP contribution in [0, 0.1) is 0 Å². The first kappa shape index (κ1) is 12.6. The Kier molecular flexibility index (Phi) is 3.87. The molecule has 15 heavy (non-hydrogen) atoms. The predicted octanol–water partition coefficient (Wildman–Crippen LogP) is 4.69. The van der Waals surface area contributed by atoms with E-state index in [9.17, 15) is 8.78 Å². The molecule has 0 aliphatic rings. The van der Waals surface area contributed by atoms with Gasteiger partial charge in [-0.3, -0.25) is 0 Å². The minimum atomic E-state index is -2.37. The fourth-order valence-corrected chi connectivity index (χ4v) is 1.62. The second kappa shape index (κ2) is 4.60. The van der Waals surface area contributed by atoms with Crippen LogP contribution in [-0.4, -0.2) is 6.43 Å². The molecule has 1 atom stereocenters. The van der Waals surface area contributed by atoms with E-state index in [2.05, 4.69) is 36.7 Å². The number of alkyl halides is 3. The summed E-state index contributed by atoms with van der Waals surface area (Å²) in [6, 6.07) is 7.33. The third-order valence-electron chi connectivity index (χ3n) is 2.32. The molecule has 0 radical (unpaired) electrons. The molecule has 1 aromatic rings. The first-order valence-corrected chi connectivity index (χ1v) is 5.76. The number of halogens is 3. The van der Waals surface area contributed by atoms with Crippen LogP contribution in [0.1, 0.15) is 36.7 Å². The zero-order valence-electron chi connectivity index (χ0n) is 9.10. The average Bonchev–Trinajstić information content (AvgIpc) is 2.15. The second-order valence-electron chi connectivity index (χ2n) is 4.61. The summed E-state index contributed by atoms with van der Waals surface area (Å²) in [5, 5.41) is 0. The highest BCUT2D eigenvalue weighted by atomic mass is 79.9. The summed E-state index contributed by atoms with van der Waals surface area (Å²) in [6.45, 7) is 6.29. The molecule has 1 rings (SSSR count). The van der Waals surface area contributed by atoms with Crippen LogP contribution in [0.15, 0.2) is 24.3 Å². The van der Waals surface area contributed by atoms with Gasteiger partial charge in [-0.1, -0.05) is 61.0 Å². The highest BCUT2D eigenvalue weighted by Gasteiger charge is 2.19. The molecule has 1 unspecified atom stereocenters. The zero-order valence-corrected chi connectivity index (χ0v) is 10.7. The SMILES string of the molecule is CC(C)(C)c1ccc(C(Br)C(F)F)cc1. The molecule has 0 N–H and O–H groups in total. The topological polar surface area (TPSA) is 0 Å². The number of rotatable bonds is 2. The van der Waals surface area contributed by atoms with Crippen molar-refractivity contribution in [3.05, 3.63) is 35.4 Å². The first-order chi connectivity index (χ1) is 6.82. The van der Waals surface area contributed by atoms with Gasteiger partial charge in [0.05, 0.1) is 0 Å². The van der Waals surface area contributed by atoms with E-state index < -0.39 is 11.3 Å². The van der Waals surface area contributed by atoms with Crippen molar-refractivity contribution in [2.45, 2.75) is 37.4 Å². The summed E-state index contributed by atoms with van der Waals surface area (Å²) < 4.78 is 24.8. The smallest absolute Gasteiger partial charge is 0.209 e. The molecule has 3 heteroatoms. The van der Waals surface area contributed by atoms with Crippen LogP contribution in [0.4, 0.5) is 8.78 Å². The summed E-state index contributed by atoms with van der Waals surface area (Å²) in [5.74, 6) is 0. The monoisotopic (exact) mass is 276 g/mol. The van der Waals surface area contributed by atoms with E-state index in [-0.39, 0.29) is 5.41 Å². The first-order valence-electron chi connectivity index (χ1n) is 4.85. The predicted molar refractivity (Wildman–Crippen MR) is 62.8 cm³/mol. The molecule has 0 nitrogen and oxygen atoms in total. The molecular weight excluding hydrogens is 262 g/mol.